The summed E-state index contributed by atoms with van der Waals surface area (Å²) < 4.78 is 4.56. The average Bonchev–Trinajstić information content (AvgIpc) is 2.27. The number of esters is 1. The van der Waals surface area contributed by atoms with Gasteiger partial charge >= 0.3 is 5.97 Å². The Hall–Kier alpha value is -1.70. The van der Waals surface area contributed by atoms with Gasteiger partial charge in [0.15, 0.2) is 0 Å². The van der Waals surface area contributed by atoms with Gasteiger partial charge in [0.05, 0.1) is 17.7 Å². The number of carbonyl (C=O) groups is 1. The van der Waals surface area contributed by atoms with Crippen LogP contribution in [-0.2, 0) is 4.74 Å². The molecule has 84 valence electrons. The van der Waals surface area contributed by atoms with E-state index < -0.39 is 5.97 Å². The molecule has 0 saturated carbocycles. The molecule has 0 heterocycles. The molecule has 0 amide bonds. The number of aliphatic hydroxyl groups is 1. The van der Waals surface area contributed by atoms with Gasteiger partial charge in [-0.2, -0.15) is 0 Å². The van der Waals surface area contributed by atoms with E-state index in [1.807, 2.05) is 0 Å². The minimum atomic E-state index is -0.554. The zero-order valence-corrected chi connectivity index (χ0v) is 9.34. The van der Waals surface area contributed by atoms with Crippen LogP contribution in [-0.4, -0.2) is 24.8 Å². The number of hydrogen-bond acceptors (Lipinski definition) is 4. The number of rotatable bonds is 1. The van der Waals surface area contributed by atoms with Crippen LogP contribution in [0, 0.1) is 11.8 Å². The van der Waals surface area contributed by atoms with E-state index in [-0.39, 0.29) is 17.9 Å². The van der Waals surface area contributed by atoms with Crippen molar-refractivity contribution in [1.29, 1.82) is 0 Å². The van der Waals surface area contributed by atoms with Gasteiger partial charge in [-0.15, -0.1) is 0 Å². The number of aliphatic hydroxyl groups excluding tert-OH is 1. The monoisotopic (exact) mass is 239 g/mol. The second-order valence-electron chi connectivity index (χ2n) is 2.87. The van der Waals surface area contributed by atoms with E-state index in [0.29, 0.717) is 10.6 Å². The molecular weight excluding hydrogens is 230 g/mol. The first-order valence-corrected chi connectivity index (χ1v) is 4.75. The lowest BCUT2D eigenvalue weighted by Crippen LogP contribution is -2.06. The number of benzene rings is 1. The largest absolute Gasteiger partial charge is 0.465 e. The van der Waals surface area contributed by atoms with Crippen LogP contribution < -0.4 is 5.73 Å². The fraction of sp³-hybridized carbons (Fsp3) is 0.182. The van der Waals surface area contributed by atoms with Crippen LogP contribution in [0.5, 0.6) is 0 Å². The van der Waals surface area contributed by atoms with Crippen LogP contribution in [0.25, 0.3) is 0 Å². The maximum absolute atomic E-state index is 11.3. The topological polar surface area (TPSA) is 72.5 Å². The molecule has 4 nitrogen and oxygen atoms in total. The highest BCUT2D eigenvalue weighted by molar-refractivity contribution is 6.32. The first-order valence-electron chi connectivity index (χ1n) is 4.37. The molecule has 0 atom stereocenters. The molecule has 0 aliphatic heterocycles. The molecule has 0 saturated heterocycles. The van der Waals surface area contributed by atoms with Crippen molar-refractivity contribution in [3.8, 4) is 11.8 Å². The summed E-state index contributed by atoms with van der Waals surface area (Å²) in [6.45, 7) is -0.283. The Balaban J connectivity index is 3.26. The van der Waals surface area contributed by atoms with E-state index in [0.717, 1.165) is 0 Å². The molecule has 1 rings (SSSR count). The van der Waals surface area contributed by atoms with Gasteiger partial charge in [0.2, 0.25) is 0 Å². The summed E-state index contributed by atoms with van der Waals surface area (Å²) in [5, 5.41) is 8.89. The van der Waals surface area contributed by atoms with Gasteiger partial charge in [0, 0.05) is 11.3 Å². The third kappa shape index (κ3) is 2.66. The minimum absolute atomic E-state index is 0.203. The van der Waals surface area contributed by atoms with Crippen molar-refractivity contribution in [3.05, 3.63) is 28.3 Å². The first-order chi connectivity index (χ1) is 7.60. The lowest BCUT2D eigenvalue weighted by molar-refractivity contribution is 0.0602. The molecule has 16 heavy (non-hydrogen) atoms. The molecule has 0 bridgehead atoms. The van der Waals surface area contributed by atoms with Gasteiger partial charge in [-0.25, -0.2) is 4.79 Å². The Morgan fingerprint density at radius 2 is 2.31 bits per heavy atom. The van der Waals surface area contributed by atoms with Crippen molar-refractivity contribution in [3.63, 3.8) is 0 Å². The Morgan fingerprint density at radius 1 is 1.62 bits per heavy atom. The average molecular weight is 240 g/mol. The number of carbonyl (C=O) groups excluding carboxylic acids is 1. The third-order valence-electron chi connectivity index (χ3n) is 1.85. The molecule has 0 unspecified atom stereocenters. The highest BCUT2D eigenvalue weighted by Gasteiger charge is 2.12. The summed E-state index contributed by atoms with van der Waals surface area (Å²) in [5.74, 6) is 4.50. The van der Waals surface area contributed by atoms with Gasteiger partial charge in [-0.1, -0.05) is 23.4 Å². The Labute approximate surface area is 98.0 Å². The van der Waals surface area contributed by atoms with Gasteiger partial charge in [-0.05, 0) is 12.1 Å². The standard InChI is InChI=1S/C11H10ClNO3/c1-16-11(15)8-5-7(3-2-4-14)9(12)6-10(8)13/h5-6,14H,4,13H2,1H3. The third-order valence-corrected chi connectivity index (χ3v) is 2.16. The number of halogens is 1. The van der Waals surface area contributed by atoms with Crippen LogP contribution in [0.15, 0.2) is 12.1 Å². The molecule has 3 N–H and O–H groups in total. The number of anilines is 1. The molecule has 0 aliphatic carbocycles. The highest BCUT2D eigenvalue weighted by Crippen LogP contribution is 2.23. The minimum Gasteiger partial charge on any atom is -0.465 e. The summed E-state index contributed by atoms with van der Waals surface area (Å²) in [7, 11) is 1.26. The molecule has 0 fully saturated rings. The lowest BCUT2D eigenvalue weighted by atomic mass is 10.1. The van der Waals surface area contributed by atoms with E-state index in [1.165, 1.54) is 19.2 Å². The van der Waals surface area contributed by atoms with Crippen molar-refractivity contribution in [2.45, 2.75) is 0 Å². The van der Waals surface area contributed by atoms with Crippen molar-refractivity contribution in [2.75, 3.05) is 19.5 Å². The fourth-order valence-electron chi connectivity index (χ4n) is 1.11. The van der Waals surface area contributed by atoms with Crippen LogP contribution in [0.2, 0.25) is 5.02 Å². The van der Waals surface area contributed by atoms with Crippen molar-refractivity contribution >= 4 is 23.3 Å². The quantitative estimate of drug-likeness (QED) is 0.437. The zero-order valence-electron chi connectivity index (χ0n) is 8.58. The lowest BCUT2D eigenvalue weighted by Gasteiger charge is -2.05. The summed E-state index contributed by atoms with van der Waals surface area (Å²) in [6.07, 6.45) is 0. The van der Waals surface area contributed by atoms with Crippen molar-refractivity contribution in [1.82, 2.24) is 0 Å². The van der Waals surface area contributed by atoms with E-state index in [1.54, 1.807) is 0 Å². The van der Waals surface area contributed by atoms with Gasteiger partial charge < -0.3 is 15.6 Å². The molecule has 0 aromatic heterocycles. The summed E-state index contributed by atoms with van der Waals surface area (Å²) in [5.41, 5.74) is 6.47. The maximum Gasteiger partial charge on any atom is 0.340 e. The number of nitrogens with two attached hydrogens (primary N) is 1. The predicted molar refractivity (Wildman–Crippen MR) is 61.2 cm³/mol. The molecular formula is C11H10ClNO3. The molecule has 1 aromatic carbocycles. The number of methoxy groups -OCH3 is 1. The fourth-order valence-corrected chi connectivity index (χ4v) is 1.33. The van der Waals surface area contributed by atoms with E-state index in [2.05, 4.69) is 16.6 Å². The van der Waals surface area contributed by atoms with Crippen LogP contribution in [0.1, 0.15) is 15.9 Å². The Bertz CT molecular complexity index is 474. The second-order valence-corrected chi connectivity index (χ2v) is 3.28. The first kappa shape index (κ1) is 12.4. The predicted octanol–water partition coefficient (Wildman–Crippen LogP) is 1.05. The van der Waals surface area contributed by atoms with Crippen molar-refractivity contribution in [2.24, 2.45) is 0 Å². The summed E-state index contributed by atoms with van der Waals surface area (Å²) in [4.78, 5) is 11.3. The SMILES string of the molecule is COC(=O)c1cc(C#CCO)c(Cl)cc1N. The van der Waals surface area contributed by atoms with E-state index >= 15 is 0 Å². The second kappa shape index (κ2) is 5.40. The highest BCUT2D eigenvalue weighted by atomic mass is 35.5. The van der Waals surface area contributed by atoms with E-state index in [4.69, 9.17) is 22.4 Å². The van der Waals surface area contributed by atoms with E-state index in [9.17, 15) is 4.79 Å². The van der Waals surface area contributed by atoms with Crippen LogP contribution >= 0.6 is 11.6 Å². The summed E-state index contributed by atoms with van der Waals surface area (Å²) >= 11 is 5.87. The van der Waals surface area contributed by atoms with Gasteiger partial charge in [-0.3, -0.25) is 0 Å². The number of ether oxygens (including phenoxy) is 1. The summed E-state index contributed by atoms with van der Waals surface area (Å²) in [6, 6.07) is 2.86. The van der Waals surface area contributed by atoms with Gasteiger partial charge in [0.1, 0.15) is 6.61 Å². The normalized spacial score (nSPS) is 9.19. The van der Waals surface area contributed by atoms with Crippen LogP contribution in [0.4, 0.5) is 5.69 Å². The molecule has 0 aliphatic rings. The molecule has 1 aromatic rings. The molecule has 5 heteroatoms. The Kier molecular flexibility index (Phi) is 4.18. The molecule has 0 spiro atoms. The maximum atomic E-state index is 11.3. The van der Waals surface area contributed by atoms with Gasteiger partial charge in [0.25, 0.3) is 0 Å². The smallest absolute Gasteiger partial charge is 0.340 e. The number of hydrogen-bond donors (Lipinski definition) is 2. The Morgan fingerprint density at radius 3 is 2.88 bits per heavy atom. The van der Waals surface area contributed by atoms with Crippen LogP contribution in [0.3, 0.4) is 0 Å². The van der Waals surface area contributed by atoms with Crippen molar-refractivity contribution < 1.29 is 14.6 Å². The number of nitrogen functional groups attached to an aromatic ring is 1. The zero-order chi connectivity index (χ0) is 12.1. The molecule has 0 radical (unpaired) electrons.